The van der Waals surface area contributed by atoms with Crippen LogP contribution in [0.5, 0.6) is 0 Å². The Hall–Kier alpha value is -4.67. The second kappa shape index (κ2) is 12.4. The predicted octanol–water partition coefficient (Wildman–Crippen LogP) is 5.49. The van der Waals surface area contributed by atoms with E-state index in [-0.39, 0.29) is 30.7 Å². The third-order valence-electron chi connectivity index (χ3n) is 7.53. The number of benzene rings is 2. The molecular formula is C34H41N5O6. The fourth-order valence-electron chi connectivity index (χ4n) is 5.69. The number of carbonyl (C=O) groups is 3. The van der Waals surface area contributed by atoms with Gasteiger partial charge in [-0.2, -0.15) is 0 Å². The van der Waals surface area contributed by atoms with E-state index >= 15 is 0 Å². The number of aromatic nitrogens is 3. The number of hydrogen-bond acceptors (Lipinski definition) is 8. The van der Waals surface area contributed by atoms with Crippen molar-refractivity contribution in [2.24, 2.45) is 5.41 Å². The van der Waals surface area contributed by atoms with E-state index in [9.17, 15) is 14.4 Å². The Bertz CT molecular complexity index is 1670. The smallest absolute Gasteiger partial charge is 0.408 e. The molecule has 1 aliphatic carbocycles. The van der Waals surface area contributed by atoms with Crippen molar-refractivity contribution in [3.05, 3.63) is 83.2 Å². The van der Waals surface area contributed by atoms with Crippen LogP contribution in [0.2, 0.25) is 0 Å². The topological polar surface area (TPSA) is 148 Å². The van der Waals surface area contributed by atoms with E-state index in [0.717, 1.165) is 27.6 Å². The lowest BCUT2D eigenvalue weighted by Gasteiger charge is -2.30. The molecule has 45 heavy (non-hydrogen) atoms. The monoisotopic (exact) mass is 615 g/mol. The van der Waals surface area contributed by atoms with Gasteiger partial charge in [-0.05, 0) is 77.1 Å². The van der Waals surface area contributed by atoms with E-state index < -0.39 is 34.7 Å². The molecule has 2 heterocycles. The lowest BCUT2D eigenvalue weighted by molar-refractivity contribution is -0.160. The van der Waals surface area contributed by atoms with Crippen molar-refractivity contribution in [3.63, 3.8) is 0 Å². The molecule has 0 bridgehead atoms. The second-order valence-electron chi connectivity index (χ2n) is 13.6. The van der Waals surface area contributed by atoms with Crippen LogP contribution in [0.25, 0.3) is 10.9 Å². The van der Waals surface area contributed by atoms with Crippen LogP contribution in [0.3, 0.4) is 0 Å². The molecule has 0 saturated carbocycles. The summed E-state index contributed by atoms with van der Waals surface area (Å²) in [7, 11) is 0. The van der Waals surface area contributed by atoms with Gasteiger partial charge in [-0.25, -0.2) is 4.79 Å². The summed E-state index contributed by atoms with van der Waals surface area (Å²) in [5.41, 5.74) is 1.54. The maximum absolute atomic E-state index is 14.4. The predicted molar refractivity (Wildman–Crippen MR) is 167 cm³/mol. The Morgan fingerprint density at radius 2 is 1.58 bits per heavy atom. The normalized spacial score (nSPS) is 14.9. The first-order valence-corrected chi connectivity index (χ1v) is 15.1. The Morgan fingerprint density at radius 3 is 2.24 bits per heavy atom. The summed E-state index contributed by atoms with van der Waals surface area (Å²) in [6, 6.07) is 15.0. The fraction of sp³-hybridized carbons (Fsp3) is 0.441. The first-order valence-electron chi connectivity index (χ1n) is 15.1. The maximum Gasteiger partial charge on any atom is 0.408 e. The van der Waals surface area contributed by atoms with E-state index in [1.165, 1.54) is 0 Å². The van der Waals surface area contributed by atoms with Crippen LogP contribution in [0.15, 0.2) is 59.1 Å². The van der Waals surface area contributed by atoms with Gasteiger partial charge in [-0.15, -0.1) is 10.2 Å². The molecule has 2 amide bonds. The minimum absolute atomic E-state index is 0.0481. The Balaban J connectivity index is 1.42. The summed E-state index contributed by atoms with van der Waals surface area (Å²) in [5.74, 6) is -0.406. The average molecular weight is 616 g/mol. The summed E-state index contributed by atoms with van der Waals surface area (Å²) in [6.45, 7) is 10.7. The molecule has 4 aromatic rings. The molecule has 11 heteroatoms. The Kier molecular flexibility index (Phi) is 8.73. The number of amides is 2. The number of alkyl carbamates (subject to hydrolysis) is 1. The van der Waals surface area contributed by atoms with Crippen molar-refractivity contribution in [1.82, 2.24) is 25.8 Å². The Morgan fingerprint density at radius 1 is 0.933 bits per heavy atom. The van der Waals surface area contributed by atoms with Crippen molar-refractivity contribution in [3.8, 4) is 0 Å². The highest BCUT2D eigenvalue weighted by atomic mass is 16.6. The van der Waals surface area contributed by atoms with E-state index in [2.05, 4.69) is 25.8 Å². The molecule has 2 aromatic heterocycles. The summed E-state index contributed by atoms with van der Waals surface area (Å²) in [4.78, 5) is 43.0. The number of rotatable bonds is 9. The van der Waals surface area contributed by atoms with E-state index in [4.69, 9.17) is 13.9 Å². The molecule has 0 spiro atoms. The lowest BCUT2D eigenvalue weighted by atomic mass is 9.80. The van der Waals surface area contributed by atoms with Gasteiger partial charge in [0.25, 0.3) is 0 Å². The fourth-order valence-corrected chi connectivity index (χ4v) is 5.69. The van der Waals surface area contributed by atoms with Gasteiger partial charge in [-0.3, -0.25) is 9.59 Å². The van der Waals surface area contributed by atoms with Crippen LogP contribution in [0, 0.1) is 5.41 Å². The zero-order valence-electron chi connectivity index (χ0n) is 26.7. The standard InChI is InChI=1S/C34H41N5O6/c1-32(2,3)44-28(40)18-34(16-21-11-7-8-12-22(21)17-34)30(41)37-26(15-23-19-35-25-14-10-9-13-24(23)25)29-39-38-27(43-29)20-36-31(42)45-33(4,5)6/h7-14,19,26,35H,15-18,20H2,1-6H3,(H,36,42)(H,37,41)/t26-/m0/s1. The quantitative estimate of drug-likeness (QED) is 0.209. The first kappa shape index (κ1) is 31.7. The van der Waals surface area contributed by atoms with Crippen LogP contribution in [0.4, 0.5) is 4.79 Å². The summed E-state index contributed by atoms with van der Waals surface area (Å²) < 4.78 is 16.9. The van der Waals surface area contributed by atoms with Gasteiger partial charge in [-0.1, -0.05) is 42.5 Å². The third-order valence-corrected chi connectivity index (χ3v) is 7.53. The summed E-state index contributed by atoms with van der Waals surface area (Å²) in [5, 5.41) is 15.2. The number of para-hydroxylation sites is 1. The largest absolute Gasteiger partial charge is 0.460 e. The molecule has 2 aromatic carbocycles. The van der Waals surface area contributed by atoms with Gasteiger partial charge in [0.2, 0.25) is 17.7 Å². The molecule has 11 nitrogen and oxygen atoms in total. The number of fused-ring (bicyclic) bond motifs is 2. The molecule has 0 saturated heterocycles. The number of nitrogens with zero attached hydrogens (tertiary/aromatic N) is 2. The third kappa shape index (κ3) is 7.89. The van der Waals surface area contributed by atoms with Gasteiger partial charge in [0, 0.05) is 23.5 Å². The van der Waals surface area contributed by atoms with E-state index in [1.54, 1.807) is 20.8 Å². The Labute approximate surface area is 262 Å². The second-order valence-corrected chi connectivity index (χ2v) is 13.6. The number of H-pyrrole nitrogens is 1. The molecule has 1 aliphatic rings. The van der Waals surface area contributed by atoms with E-state index in [1.807, 2.05) is 75.5 Å². The molecule has 0 aliphatic heterocycles. The molecule has 5 rings (SSSR count). The summed E-state index contributed by atoms with van der Waals surface area (Å²) in [6.07, 6.45) is 2.32. The van der Waals surface area contributed by atoms with Crippen molar-refractivity contribution < 1.29 is 28.3 Å². The zero-order valence-corrected chi connectivity index (χ0v) is 26.7. The molecule has 3 N–H and O–H groups in total. The lowest BCUT2D eigenvalue weighted by Crippen LogP contribution is -2.46. The van der Waals surface area contributed by atoms with Gasteiger partial charge >= 0.3 is 12.1 Å². The van der Waals surface area contributed by atoms with Gasteiger partial charge < -0.3 is 29.5 Å². The van der Waals surface area contributed by atoms with Crippen LogP contribution in [-0.4, -0.2) is 44.4 Å². The SMILES string of the molecule is CC(C)(C)OC(=O)CC1(C(=O)N[C@@H](Cc2c[nH]c3ccccc23)c2nnc(CNC(=O)OC(C)(C)C)o2)Cc2ccccc2C1. The summed E-state index contributed by atoms with van der Waals surface area (Å²) >= 11 is 0. The highest BCUT2D eigenvalue weighted by Gasteiger charge is 2.47. The highest BCUT2D eigenvalue weighted by molar-refractivity contribution is 5.89. The van der Waals surface area contributed by atoms with Gasteiger partial charge in [0.05, 0.1) is 18.4 Å². The number of hydrogen-bond donors (Lipinski definition) is 3. The first-order chi connectivity index (χ1) is 21.2. The number of nitrogens with one attached hydrogen (secondary N) is 3. The van der Waals surface area contributed by atoms with Crippen LogP contribution in [-0.2, 0) is 44.9 Å². The molecular weight excluding hydrogens is 574 g/mol. The number of ether oxygens (including phenoxy) is 2. The minimum Gasteiger partial charge on any atom is -0.460 e. The average Bonchev–Trinajstić information content (AvgIpc) is 3.67. The van der Waals surface area contributed by atoms with Crippen LogP contribution in [0.1, 0.15) is 82.5 Å². The van der Waals surface area contributed by atoms with Crippen molar-refractivity contribution in [2.45, 2.75) is 91.0 Å². The molecule has 0 radical (unpaired) electrons. The maximum atomic E-state index is 14.4. The minimum atomic E-state index is -1.06. The van der Waals surface area contributed by atoms with Crippen molar-refractivity contribution in [1.29, 1.82) is 0 Å². The number of carbonyl (C=O) groups excluding carboxylic acids is 3. The van der Waals surface area contributed by atoms with Crippen molar-refractivity contribution in [2.75, 3.05) is 0 Å². The number of esters is 1. The molecule has 0 unspecified atom stereocenters. The zero-order chi connectivity index (χ0) is 32.4. The van der Waals surface area contributed by atoms with Gasteiger partial charge in [0.15, 0.2) is 0 Å². The van der Waals surface area contributed by atoms with Gasteiger partial charge in [0.1, 0.15) is 17.2 Å². The molecule has 238 valence electrons. The van der Waals surface area contributed by atoms with Crippen molar-refractivity contribution >= 4 is 28.9 Å². The molecule has 0 fully saturated rings. The number of aromatic amines is 1. The molecule has 1 atom stereocenters. The van der Waals surface area contributed by atoms with E-state index in [0.29, 0.717) is 19.3 Å². The van der Waals surface area contributed by atoms with Crippen LogP contribution < -0.4 is 10.6 Å². The highest BCUT2D eigenvalue weighted by Crippen LogP contribution is 2.41. The van der Waals surface area contributed by atoms with Crippen LogP contribution >= 0.6 is 0 Å².